The van der Waals surface area contributed by atoms with Crippen molar-refractivity contribution in [2.24, 2.45) is 0 Å². The van der Waals surface area contributed by atoms with Crippen molar-refractivity contribution in [3.05, 3.63) is 116 Å². The van der Waals surface area contributed by atoms with Gasteiger partial charge < -0.3 is 9.15 Å². The molecular weight excluding hydrogens is 451 g/mol. The van der Waals surface area contributed by atoms with Crippen LogP contribution in [0.2, 0.25) is 10.0 Å². The van der Waals surface area contributed by atoms with Crippen LogP contribution in [0.15, 0.2) is 83.3 Å². The molecule has 0 radical (unpaired) electrons. The van der Waals surface area contributed by atoms with Gasteiger partial charge in [0.25, 0.3) is 0 Å². The quantitative estimate of drug-likeness (QED) is 0.196. The average Bonchev–Trinajstić information content (AvgIpc) is 3.43. The van der Waals surface area contributed by atoms with E-state index in [1.54, 1.807) is 30.3 Å². The monoisotopic (exact) mass is 468 g/mol. The van der Waals surface area contributed by atoms with Crippen LogP contribution in [0.4, 0.5) is 0 Å². The van der Waals surface area contributed by atoms with Crippen molar-refractivity contribution in [2.75, 3.05) is 0 Å². The highest BCUT2D eigenvalue weighted by Gasteiger charge is 2.08. The lowest BCUT2D eigenvalue weighted by atomic mass is 10.1. The number of ether oxygens (including phenoxy) is 1. The first-order valence-electron chi connectivity index (χ1n) is 9.58. The van der Waals surface area contributed by atoms with Crippen LogP contribution in [-0.2, 0) is 13.0 Å². The minimum atomic E-state index is -0.0469. The van der Waals surface area contributed by atoms with Gasteiger partial charge in [0.05, 0.1) is 14.9 Å². The smallest absolute Gasteiger partial charge is 0.195 e. The van der Waals surface area contributed by atoms with Crippen LogP contribution in [0, 0.1) is 0 Å². The lowest BCUT2D eigenvalue weighted by Crippen LogP contribution is -1.93. The zero-order chi connectivity index (χ0) is 21.6. The summed E-state index contributed by atoms with van der Waals surface area (Å²) in [5, 5.41) is 0.906. The summed E-state index contributed by atoms with van der Waals surface area (Å²) in [6.07, 6.45) is 4.02. The lowest BCUT2D eigenvalue weighted by Gasteiger charge is -2.05. The van der Waals surface area contributed by atoms with Crippen molar-refractivity contribution in [1.82, 2.24) is 0 Å². The van der Waals surface area contributed by atoms with E-state index in [2.05, 4.69) is 12.1 Å². The van der Waals surface area contributed by atoms with E-state index in [-0.39, 0.29) is 12.4 Å². The number of hydrogen-bond donors (Lipinski definition) is 0. The third-order valence-electron chi connectivity index (χ3n) is 4.48. The summed E-state index contributed by atoms with van der Waals surface area (Å²) in [6, 6.07) is 22.8. The molecule has 0 N–H and O–H groups in total. The maximum absolute atomic E-state index is 12.5. The van der Waals surface area contributed by atoms with Gasteiger partial charge in [-0.25, -0.2) is 0 Å². The molecule has 0 saturated heterocycles. The zero-order valence-corrected chi connectivity index (χ0v) is 18.7. The summed E-state index contributed by atoms with van der Waals surface area (Å²) in [6.45, 7) is 0.244. The third kappa shape index (κ3) is 5.88. The molecule has 0 unspecified atom stereocenters. The van der Waals surface area contributed by atoms with E-state index < -0.39 is 0 Å². The fourth-order valence-corrected chi connectivity index (χ4v) is 4.18. The average molecular weight is 469 g/mol. The third-order valence-corrected chi connectivity index (χ3v) is 6.32. The first-order valence-corrected chi connectivity index (χ1v) is 11.2. The van der Waals surface area contributed by atoms with Gasteiger partial charge >= 0.3 is 0 Å². The number of ketones is 1. The molecule has 0 aliphatic rings. The minimum Gasteiger partial charge on any atom is -0.486 e. The standard InChI is InChI=1S/C25H18Cl2O3S/c26-22-11-8-19(15-23(22)27)29-16-20-7-6-18(30-20)9-12-24(28)25-13-10-21(31-25)14-17-4-2-1-3-5-17/h1-13,15H,14,16H2/b12-9+. The van der Waals surface area contributed by atoms with Crippen molar-refractivity contribution in [1.29, 1.82) is 0 Å². The van der Waals surface area contributed by atoms with Gasteiger partial charge in [0.2, 0.25) is 0 Å². The molecule has 0 spiro atoms. The second kappa shape index (κ2) is 10.0. The summed E-state index contributed by atoms with van der Waals surface area (Å²) in [5.74, 6) is 1.78. The van der Waals surface area contributed by atoms with Gasteiger partial charge in [0.1, 0.15) is 23.9 Å². The van der Waals surface area contributed by atoms with Crippen LogP contribution in [0.5, 0.6) is 5.75 Å². The Bertz CT molecular complexity index is 1210. The zero-order valence-electron chi connectivity index (χ0n) is 16.4. The highest BCUT2D eigenvalue weighted by Crippen LogP contribution is 2.27. The maximum atomic E-state index is 12.5. The summed E-state index contributed by atoms with van der Waals surface area (Å²) in [5.41, 5.74) is 1.23. The number of furan rings is 1. The van der Waals surface area contributed by atoms with Crippen LogP contribution in [0.3, 0.4) is 0 Å². The Morgan fingerprint density at radius 3 is 2.61 bits per heavy atom. The van der Waals surface area contributed by atoms with Gasteiger partial charge in [-0.3, -0.25) is 4.79 Å². The molecule has 0 saturated carbocycles. The molecule has 4 aromatic rings. The van der Waals surface area contributed by atoms with Crippen LogP contribution in [-0.4, -0.2) is 5.78 Å². The number of halogens is 2. The number of hydrogen-bond acceptors (Lipinski definition) is 4. The molecule has 4 rings (SSSR count). The van der Waals surface area contributed by atoms with Crippen LogP contribution >= 0.6 is 34.5 Å². The Morgan fingerprint density at radius 2 is 1.81 bits per heavy atom. The molecule has 0 bridgehead atoms. The molecule has 2 aromatic carbocycles. The molecule has 0 amide bonds. The van der Waals surface area contributed by atoms with Gasteiger partial charge in [-0.1, -0.05) is 53.5 Å². The number of carbonyl (C=O) groups is 1. The Balaban J connectivity index is 1.33. The Kier molecular flexibility index (Phi) is 6.92. The summed E-state index contributed by atoms with van der Waals surface area (Å²) >= 11 is 13.4. The van der Waals surface area contributed by atoms with Crippen molar-refractivity contribution in [3.63, 3.8) is 0 Å². The fourth-order valence-electron chi connectivity index (χ4n) is 2.93. The van der Waals surface area contributed by atoms with Crippen molar-refractivity contribution in [3.8, 4) is 5.75 Å². The predicted molar refractivity (Wildman–Crippen MR) is 126 cm³/mol. The van der Waals surface area contributed by atoms with Crippen molar-refractivity contribution < 1.29 is 13.9 Å². The number of rotatable bonds is 8. The SMILES string of the molecule is O=C(/C=C/c1ccc(COc2ccc(Cl)c(Cl)c2)o1)c1ccc(Cc2ccccc2)s1. The molecule has 156 valence electrons. The number of benzene rings is 2. The molecule has 31 heavy (non-hydrogen) atoms. The summed E-state index contributed by atoms with van der Waals surface area (Å²) < 4.78 is 11.4. The van der Waals surface area contributed by atoms with Crippen LogP contribution in [0.1, 0.15) is 31.6 Å². The highest BCUT2D eigenvalue weighted by atomic mass is 35.5. The van der Waals surface area contributed by atoms with Crippen molar-refractivity contribution in [2.45, 2.75) is 13.0 Å². The first kappa shape index (κ1) is 21.4. The van der Waals surface area contributed by atoms with Crippen LogP contribution < -0.4 is 4.74 Å². The van der Waals surface area contributed by atoms with E-state index in [9.17, 15) is 4.79 Å². The van der Waals surface area contributed by atoms with Crippen molar-refractivity contribution >= 4 is 46.4 Å². The number of thiophene rings is 1. The molecule has 2 heterocycles. The van der Waals surface area contributed by atoms with E-state index in [0.717, 1.165) is 11.3 Å². The van der Waals surface area contributed by atoms with E-state index in [1.165, 1.54) is 23.0 Å². The summed E-state index contributed by atoms with van der Waals surface area (Å²) in [7, 11) is 0. The Labute approximate surface area is 194 Å². The molecule has 0 aliphatic heterocycles. The molecule has 3 nitrogen and oxygen atoms in total. The molecule has 0 atom stereocenters. The van der Waals surface area contributed by atoms with Gasteiger partial charge in [-0.05, 0) is 54.1 Å². The molecule has 0 aliphatic carbocycles. The Morgan fingerprint density at radius 1 is 0.968 bits per heavy atom. The fraction of sp³-hybridized carbons (Fsp3) is 0.0800. The number of allylic oxidation sites excluding steroid dienone is 1. The first-order chi connectivity index (χ1) is 15.1. The minimum absolute atomic E-state index is 0.0469. The lowest BCUT2D eigenvalue weighted by molar-refractivity contribution is 0.105. The molecular formula is C25H18Cl2O3S. The van der Waals surface area contributed by atoms with Crippen LogP contribution in [0.25, 0.3) is 6.08 Å². The van der Waals surface area contributed by atoms with E-state index in [4.69, 9.17) is 32.4 Å². The highest BCUT2D eigenvalue weighted by molar-refractivity contribution is 7.14. The van der Waals surface area contributed by atoms with Gasteiger partial charge in [0.15, 0.2) is 5.78 Å². The van der Waals surface area contributed by atoms with E-state index in [1.807, 2.05) is 36.4 Å². The predicted octanol–water partition coefficient (Wildman–Crippen LogP) is 7.71. The van der Waals surface area contributed by atoms with Gasteiger partial charge in [-0.15, -0.1) is 11.3 Å². The van der Waals surface area contributed by atoms with Gasteiger partial charge in [-0.2, -0.15) is 0 Å². The van der Waals surface area contributed by atoms with Gasteiger partial charge in [0, 0.05) is 17.4 Å². The summed E-state index contributed by atoms with van der Waals surface area (Å²) in [4.78, 5) is 14.4. The normalized spacial score (nSPS) is 11.2. The number of carbonyl (C=O) groups excluding carboxylic acids is 1. The molecule has 2 aromatic heterocycles. The largest absolute Gasteiger partial charge is 0.486 e. The van der Waals surface area contributed by atoms with E-state index in [0.29, 0.717) is 32.2 Å². The second-order valence-corrected chi connectivity index (χ2v) is 8.78. The van der Waals surface area contributed by atoms with E-state index >= 15 is 0 Å². The topological polar surface area (TPSA) is 39.4 Å². The maximum Gasteiger partial charge on any atom is 0.195 e. The molecule has 6 heteroatoms. The second-order valence-electron chi connectivity index (χ2n) is 6.79. The molecule has 0 fully saturated rings. The Hall–Kier alpha value is -2.79.